The van der Waals surface area contributed by atoms with Crippen molar-refractivity contribution in [1.29, 1.82) is 0 Å². The van der Waals surface area contributed by atoms with E-state index in [1.165, 1.54) is 6.20 Å². The van der Waals surface area contributed by atoms with Crippen molar-refractivity contribution in [2.24, 2.45) is 10.9 Å². The van der Waals surface area contributed by atoms with Gasteiger partial charge in [0.1, 0.15) is 6.61 Å². The number of primary amides is 1. The summed E-state index contributed by atoms with van der Waals surface area (Å²) in [6.07, 6.45) is 0.597. The summed E-state index contributed by atoms with van der Waals surface area (Å²) in [5.41, 5.74) is 5.53. The van der Waals surface area contributed by atoms with E-state index in [9.17, 15) is 13.2 Å². The van der Waals surface area contributed by atoms with E-state index in [1.807, 2.05) is 0 Å². The van der Waals surface area contributed by atoms with Gasteiger partial charge in [0.15, 0.2) is 5.03 Å². The van der Waals surface area contributed by atoms with E-state index in [0.29, 0.717) is 24.3 Å². The molecular weight excluding hydrogens is 294 g/mol. The van der Waals surface area contributed by atoms with Gasteiger partial charge < -0.3 is 14.8 Å². The fourth-order valence-electron chi connectivity index (χ4n) is 1.42. The number of hydrogen-bond donors (Lipinski definition) is 1. The third kappa shape index (κ3) is 3.15. The normalized spacial score (nSPS) is 14.6. The van der Waals surface area contributed by atoms with Gasteiger partial charge in [-0.3, -0.25) is 0 Å². The van der Waals surface area contributed by atoms with Crippen molar-refractivity contribution in [3.05, 3.63) is 23.9 Å². The monoisotopic (exact) mass is 303 g/mol. The number of rotatable bonds is 4. The lowest BCUT2D eigenvalue weighted by Crippen LogP contribution is -2.13. The van der Waals surface area contributed by atoms with Gasteiger partial charge in [0.05, 0.1) is 5.71 Å². The van der Waals surface area contributed by atoms with Crippen LogP contribution in [0.3, 0.4) is 0 Å². The fraction of sp³-hybridized carbons (Fsp3) is 0.222. The van der Waals surface area contributed by atoms with Gasteiger partial charge >= 0.3 is 6.09 Å². The number of pyridine rings is 1. The van der Waals surface area contributed by atoms with Gasteiger partial charge in [-0.15, -0.1) is 0 Å². The van der Waals surface area contributed by atoms with Crippen LogP contribution in [0, 0.1) is 0 Å². The lowest BCUT2D eigenvalue weighted by atomic mass is 10.1. The smallest absolute Gasteiger partial charge is 0.395 e. The van der Waals surface area contributed by atoms with Gasteiger partial charge in [0.25, 0.3) is 8.87 Å². The lowest BCUT2D eigenvalue weighted by Gasteiger charge is -2.06. The maximum Gasteiger partial charge on any atom is 0.417 e. The van der Waals surface area contributed by atoms with Crippen molar-refractivity contribution < 1.29 is 22.2 Å². The van der Waals surface area contributed by atoms with Crippen LogP contribution in [0.25, 0.3) is 0 Å². The van der Waals surface area contributed by atoms with E-state index in [4.69, 9.17) is 10.6 Å². The summed E-state index contributed by atoms with van der Waals surface area (Å²) in [5.74, 6) is 0. The maximum absolute atomic E-state index is 12.0. The summed E-state index contributed by atoms with van der Waals surface area (Å²) >= 11 is -0.0478. The van der Waals surface area contributed by atoms with Crippen LogP contribution < -0.4 is 5.73 Å². The zero-order valence-corrected chi connectivity index (χ0v) is 11.1. The Hall–Kier alpha value is -1.81. The van der Waals surface area contributed by atoms with E-state index < -0.39 is 15.0 Å². The van der Waals surface area contributed by atoms with Crippen LogP contribution in [0.2, 0.25) is 0 Å². The topological polar surface area (TPSA) is 121 Å². The minimum Gasteiger partial charge on any atom is -0.395 e. The van der Waals surface area contributed by atoms with Crippen LogP contribution in [0.5, 0.6) is 0 Å². The number of carbonyl (C=O) groups excluding carboxylic acids is 1. The molecule has 8 nitrogen and oxygen atoms in total. The van der Waals surface area contributed by atoms with Crippen molar-refractivity contribution in [1.82, 2.24) is 4.98 Å². The Balaban J connectivity index is 2.36. The molecule has 0 bridgehead atoms. The van der Waals surface area contributed by atoms with Crippen molar-refractivity contribution >= 4 is 31.7 Å². The molecule has 0 radical (unpaired) electrons. The number of aromatic nitrogens is 1. The summed E-state index contributed by atoms with van der Waals surface area (Å²) < 4.78 is 28.2. The van der Waals surface area contributed by atoms with E-state index >= 15 is 0 Å². The third-order valence-electron chi connectivity index (χ3n) is 2.13. The first-order chi connectivity index (χ1) is 9.00. The number of oxime groups is 1. The third-order valence-corrected chi connectivity index (χ3v) is 4.56. The second-order valence-corrected chi connectivity index (χ2v) is 6.72. The van der Waals surface area contributed by atoms with E-state index in [-0.39, 0.29) is 16.1 Å². The molecule has 1 aliphatic rings. The Kier molecular flexibility index (Phi) is 3.90. The lowest BCUT2D eigenvalue weighted by molar-refractivity contribution is 0.174. The van der Waals surface area contributed by atoms with Gasteiger partial charge in [0.2, 0.25) is 11.1 Å². The zero-order valence-electron chi connectivity index (χ0n) is 9.48. The molecule has 1 aliphatic heterocycles. The van der Waals surface area contributed by atoms with Gasteiger partial charge in [-0.05, 0) is 12.1 Å². The second-order valence-electron chi connectivity index (χ2n) is 3.40. The molecule has 0 fully saturated rings. The molecule has 10 heteroatoms. The van der Waals surface area contributed by atoms with Gasteiger partial charge in [-0.1, -0.05) is 5.16 Å². The highest BCUT2D eigenvalue weighted by Crippen LogP contribution is 2.27. The largest absolute Gasteiger partial charge is 0.417 e. The van der Waals surface area contributed by atoms with E-state index in [0.717, 1.165) is 0 Å². The van der Waals surface area contributed by atoms with Gasteiger partial charge in [0, 0.05) is 18.2 Å². The molecule has 19 heavy (non-hydrogen) atoms. The predicted octanol–water partition coefficient (Wildman–Crippen LogP) is 0.638. The summed E-state index contributed by atoms with van der Waals surface area (Å²) in [5, 5.41) is 3.50. The molecular formula is C9H9N3O5S2. The van der Waals surface area contributed by atoms with Gasteiger partial charge in [-0.2, -0.15) is 0 Å². The van der Waals surface area contributed by atoms with Crippen molar-refractivity contribution in [3.63, 3.8) is 0 Å². The SMILES string of the molecule is NC(=O)OSS(=O)(=O)c1ncccc1C1=NOCC1. The number of carbonyl (C=O) groups is 1. The number of nitrogens with two attached hydrogens (primary N) is 1. The quantitative estimate of drug-likeness (QED) is 0.639. The fourth-order valence-corrected chi connectivity index (χ4v) is 3.34. The van der Waals surface area contributed by atoms with Crippen LogP contribution in [-0.4, -0.2) is 31.8 Å². The average molecular weight is 303 g/mol. The number of nitrogens with zero attached hydrogens (tertiary/aromatic N) is 2. The molecule has 0 spiro atoms. The Labute approximate surface area is 112 Å². The Morgan fingerprint density at radius 2 is 2.32 bits per heavy atom. The average Bonchev–Trinajstić information content (AvgIpc) is 2.90. The molecule has 2 rings (SSSR count). The first-order valence-corrected chi connectivity index (χ1v) is 7.79. The minimum atomic E-state index is -3.98. The van der Waals surface area contributed by atoms with Crippen molar-refractivity contribution in [2.75, 3.05) is 6.61 Å². The first kappa shape index (κ1) is 13.6. The highest BCUT2D eigenvalue weighted by atomic mass is 33.1. The van der Waals surface area contributed by atoms with Crippen molar-refractivity contribution in [3.8, 4) is 0 Å². The molecule has 0 saturated carbocycles. The van der Waals surface area contributed by atoms with Crippen LogP contribution in [-0.2, 0) is 17.9 Å². The molecule has 102 valence electrons. The Morgan fingerprint density at radius 1 is 1.53 bits per heavy atom. The highest BCUT2D eigenvalue weighted by molar-refractivity contribution is 8.70. The van der Waals surface area contributed by atoms with Crippen LogP contribution >= 0.6 is 11.1 Å². The number of hydrogen-bond acceptors (Lipinski definition) is 8. The molecule has 1 aromatic rings. The number of amides is 1. The molecule has 1 amide bonds. The standard InChI is InChI=1S/C9H9N3O5S2/c10-9(13)17-18-19(14,15)8-6(2-1-4-11-8)7-3-5-16-12-7/h1-2,4H,3,5H2,(H2,10,13). The molecule has 0 aromatic carbocycles. The zero-order chi connectivity index (χ0) is 13.9. The molecule has 0 atom stereocenters. The first-order valence-electron chi connectivity index (χ1n) is 5.05. The van der Waals surface area contributed by atoms with Crippen LogP contribution in [0.4, 0.5) is 4.79 Å². The summed E-state index contributed by atoms with van der Waals surface area (Å²) in [7, 11) is -3.98. The predicted molar refractivity (Wildman–Crippen MR) is 66.8 cm³/mol. The van der Waals surface area contributed by atoms with Crippen LogP contribution in [0.15, 0.2) is 28.5 Å². The second kappa shape index (κ2) is 5.45. The molecule has 0 unspecified atom stereocenters. The van der Waals surface area contributed by atoms with Crippen LogP contribution in [0.1, 0.15) is 12.0 Å². The molecule has 2 heterocycles. The maximum atomic E-state index is 12.0. The van der Waals surface area contributed by atoms with Gasteiger partial charge in [-0.25, -0.2) is 18.2 Å². The summed E-state index contributed by atoms with van der Waals surface area (Å²) in [4.78, 5) is 19.1. The molecule has 1 aromatic heterocycles. The Morgan fingerprint density at radius 3 is 2.95 bits per heavy atom. The Bertz CT molecular complexity index is 628. The molecule has 2 N–H and O–H groups in total. The summed E-state index contributed by atoms with van der Waals surface area (Å²) in [6.45, 7) is 0.384. The molecule has 0 aliphatic carbocycles. The van der Waals surface area contributed by atoms with E-state index in [2.05, 4.69) is 14.3 Å². The molecule has 0 saturated heterocycles. The highest BCUT2D eigenvalue weighted by Gasteiger charge is 2.27. The van der Waals surface area contributed by atoms with E-state index in [1.54, 1.807) is 12.1 Å². The summed E-state index contributed by atoms with van der Waals surface area (Å²) in [6, 6.07) is 3.13. The minimum absolute atomic E-state index is 0.0478. The van der Waals surface area contributed by atoms with Crippen molar-refractivity contribution in [2.45, 2.75) is 11.4 Å².